The molecule has 2 rings (SSSR count). The van der Waals surface area contributed by atoms with Crippen LogP contribution < -0.4 is 10.6 Å². The van der Waals surface area contributed by atoms with E-state index in [2.05, 4.69) is 57.0 Å². The summed E-state index contributed by atoms with van der Waals surface area (Å²) in [7, 11) is 2.13. The molecule has 0 aliphatic carbocycles. The lowest BCUT2D eigenvalue weighted by molar-refractivity contribution is 0.865. The number of anilines is 2. The third-order valence-electron chi connectivity index (χ3n) is 3.87. The van der Waals surface area contributed by atoms with E-state index in [-0.39, 0.29) is 0 Å². The predicted molar refractivity (Wildman–Crippen MR) is 88.5 cm³/mol. The molecule has 2 aromatic rings. The van der Waals surface area contributed by atoms with E-state index >= 15 is 0 Å². The second-order valence-corrected chi connectivity index (χ2v) is 5.64. The van der Waals surface area contributed by atoms with Gasteiger partial charge < -0.3 is 10.6 Å². The molecule has 2 aromatic carbocycles. The van der Waals surface area contributed by atoms with Crippen LogP contribution in [0.2, 0.25) is 0 Å². The second-order valence-electron chi connectivity index (χ2n) is 5.64. The smallest absolute Gasteiger partial charge is 0.0365 e. The number of hydrogen-bond donors (Lipinski definition) is 1. The number of nitrogen functional groups attached to an aromatic ring is 1. The molecule has 0 atom stereocenters. The number of benzene rings is 2. The lowest BCUT2D eigenvalue weighted by Crippen LogP contribution is -2.20. The quantitative estimate of drug-likeness (QED) is 0.853. The SMILES string of the molecule is Cc1cc(C)c(CCN(C)c2ccc(N)cc2)c(C)c1. The van der Waals surface area contributed by atoms with Crippen LogP contribution in [-0.2, 0) is 6.42 Å². The molecule has 0 radical (unpaired) electrons. The molecule has 2 nitrogen and oxygen atoms in total. The molecular weight excluding hydrogens is 244 g/mol. The van der Waals surface area contributed by atoms with Crippen molar-refractivity contribution in [3.63, 3.8) is 0 Å². The molecule has 2 N–H and O–H groups in total. The first-order valence-electron chi connectivity index (χ1n) is 7.11. The van der Waals surface area contributed by atoms with E-state index < -0.39 is 0 Å². The highest BCUT2D eigenvalue weighted by Crippen LogP contribution is 2.19. The molecule has 0 spiro atoms. The highest BCUT2D eigenvalue weighted by atomic mass is 15.1. The Labute approximate surface area is 122 Å². The third kappa shape index (κ3) is 3.32. The summed E-state index contributed by atoms with van der Waals surface area (Å²) in [6.07, 6.45) is 1.07. The number of nitrogens with zero attached hydrogens (tertiary/aromatic N) is 1. The van der Waals surface area contributed by atoms with Crippen LogP contribution >= 0.6 is 0 Å². The number of aryl methyl sites for hydroxylation is 3. The summed E-state index contributed by atoms with van der Waals surface area (Å²) in [6.45, 7) is 7.58. The molecule has 106 valence electrons. The minimum atomic E-state index is 0.812. The van der Waals surface area contributed by atoms with Gasteiger partial charge >= 0.3 is 0 Å². The van der Waals surface area contributed by atoms with Crippen LogP contribution in [0.4, 0.5) is 11.4 Å². The Balaban J connectivity index is 2.07. The summed E-state index contributed by atoms with van der Waals surface area (Å²) in [5.74, 6) is 0. The summed E-state index contributed by atoms with van der Waals surface area (Å²) >= 11 is 0. The van der Waals surface area contributed by atoms with Crippen LogP contribution in [-0.4, -0.2) is 13.6 Å². The molecule has 0 bridgehead atoms. The predicted octanol–water partition coefficient (Wildman–Crippen LogP) is 3.87. The zero-order chi connectivity index (χ0) is 14.7. The van der Waals surface area contributed by atoms with Crippen molar-refractivity contribution < 1.29 is 0 Å². The van der Waals surface area contributed by atoms with E-state index in [0.717, 1.165) is 18.7 Å². The lowest BCUT2D eigenvalue weighted by Gasteiger charge is -2.21. The van der Waals surface area contributed by atoms with Gasteiger partial charge in [0.15, 0.2) is 0 Å². The van der Waals surface area contributed by atoms with Crippen molar-refractivity contribution in [2.75, 3.05) is 24.2 Å². The molecule has 0 aliphatic heterocycles. The fraction of sp³-hybridized carbons (Fsp3) is 0.333. The number of likely N-dealkylation sites (N-methyl/N-ethyl adjacent to an activating group) is 1. The van der Waals surface area contributed by atoms with E-state index in [9.17, 15) is 0 Å². The normalized spacial score (nSPS) is 10.6. The monoisotopic (exact) mass is 268 g/mol. The third-order valence-corrected chi connectivity index (χ3v) is 3.87. The van der Waals surface area contributed by atoms with Gasteiger partial charge in [-0.3, -0.25) is 0 Å². The van der Waals surface area contributed by atoms with E-state index in [4.69, 9.17) is 5.73 Å². The van der Waals surface area contributed by atoms with Crippen LogP contribution in [0.15, 0.2) is 36.4 Å². The Morgan fingerprint density at radius 2 is 1.50 bits per heavy atom. The van der Waals surface area contributed by atoms with E-state index in [1.807, 2.05) is 12.1 Å². The Morgan fingerprint density at radius 3 is 2.05 bits per heavy atom. The zero-order valence-electron chi connectivity index (χ0n) is 12.9. The molecule has 0 saturated heterocycles. The maximum Gasteiger partial charge on any atom is 0.0365 e. The van der Waals surface area contributed by atoms with E-state index in [0.29, 0.717) is 0 Å². The van der Waals surface area contributed by atoms with Gasteiger partial charge in [0.05, 0.1) is 0 Å². The molecular formula is C18H24N2. The Bertz CT molecular complexity index is 562. The molecule has 2 heteroatoms. The average molecular weight is 268 g/mol. The molecule has 0 amide bonds. The molecule has 0 saturated carbocycles. The lowest BCUT2D eigenvalue weighted by atomic mass is 9.97. The van der Waals surface area contributed by atoms with Crippen LogP contribution in [0.1, 0.15) is 22.3 Å². The molecule has 0 heterocycles. The highest BCUT2D eigenvalue weighted by molar-refractivity contribution is 5.52. The molecule has 0 aromatic heterocycles. The largest absolute Gasteiger partial charge is 0.399 e. The van der Waals surface area contributed by atoms with Gasteiger partial charge in [-0.25, -0.2) is 0 Å². The molecule has 0 unspecified atom stereocenters. The summed E-state index contributed by atoms with van der Waals surface area (Å²) in [5, 5.41) is 0. The standard InChI is InChI=1S/C18H24N2/c1-13-11-14(2)18(15(3)12-13)9-10-20(4)17-7-5-16(19)6-8-17/h5-8,11-12H,9-10,19H2,1-4H3. The van der Waals surface area contributed by atoms with Gasteiger partial charge in [-0.05, 0) is 68.1 Å². The molecule has 20 heavy (non-hydrogen) atoms. The summed E-state index contributed by atoms with van der Waals surface area (Å²) in [4.78, 5) is 2.28. The van der Waals surface area contributed by atoms with Crippen molar-refractivity contribution in [2.45, 2.75) is 27.2 Å². The summed E-state index contributed by atoms with van der Waals surface area (Å²) < 4.78 is 0. The van der Waals surface area contributed by atoms with Crippen molar-refractivity contribution in [3.8, 4) is 0 Å². The van der Waals surface area contributed by atoms with Crippen molar-refractivity contribution in [3.05, 3.63) is 58.7 Å². The van der Waals surface area contributed by atoms with Gasteiger partial charge in [0.1, 0.15) is 0 Å². The van der Waals surface area contributed by atoms with Crippen LogP contribution in [0, 0.1) is 20.8 Å². The minimum absolute atomic E-state index is 0.812. The van der Waals surface area contributed by atoms with Crippen molar-refractivity contribution in [2.24, 2.45) is 0 Å². The fourth-order valence-corrected chi connectivity index (χ4v) is 2.74. The number of nitrogens with two attached hydrogens (primary N) is 1. The first-order chi connectivity index (χ1) is 9.47. The van der Waals surface area contributed by atoms with Crippen molar-refractivity contribution in [1.82, 2.24) is 0 Å². The van der Waals surface area contributed by atoms with Gasteiger partial charge in [-0.15, -0.1) is 0 Å². The Kier molecular flexibility index (Phi) is 4.33. The average Bonchev–Trinajstić information content (AvgIpc) is 2.38. The van der Waals surface area contributed by atoms with Crippen LogP contribution in [0.5, 0.6) is 0 Å². The summed E-state index contributed by atoms with van der Waals surface area (Å²) in [5.41, 5.74) is 13.4. The van der Waals surface area contributed by atoms with E-state index in [1.54, 1.807) is 0 Å². The Morgan fingerprint density at radius 1 is 0.950 bits per heavy atom. The van der Waals surface area contributed by atoms with Crippen LogP contribution in [0.25, 0.3) is 0 Å². The van der Waals surface area contributed by atoms with Gasteiger partial charge in [0, 0.05) is 25.0 Å². The highest BCUT2D eigenvalue weighted by Gasteiger charge is 2.06. The van der Waals surface area contributed by atoms with Gasteiger partial charge in [0.2, 0.25) is 0 Å². The van der Waals surface area contributed by atoms with Gasteiger partial charge in [-0.1, -0.05) is 17.7 Å². The van der Waals surface area contributed by atoms with E-state index in [1.165, 1.54) is 27.9 Å². The van der Waals surface area contributed by atoms with Crippen molar-refractivity contribution in [1.29, 1.82) is 0 Å². The first-order valence-corrected chi connectivity index (χ1v) is 7.11. The summed E-state index contributed by atoms with van der Waals surface area (Å²) in [6, 6.07) is 12.6. The zero-order valence-corrected chi connectivity index (χ0v) is 12.9. The second kappa shape index (κ2) is 6.00. The topological polar surface area (TPSA) is 29.3 Å². The maximum absolute atomic E-state index is 5.73. The fourth-order valence-electron chi connectivity index (χ4n) is 2.74. The van der Waals surface area contributed by atoms with Gasteiger partial charge in [0.25, 0.3) is 0 Å². The molecule has 0 aliphatic rings. The maximum atomic E-state index is 5.73. The Hall–Kier alpha value is -1.96. The van der Waals surface area contributed by atoms with Crippen molar-refractivity contribution >= 4 is 11.4 Å². The first kappa shape index (κ1) is 14.4. The van der Waals surface area contributed by atoms with Gasteiger partial charge in [-0.2, -0.15) is 0 Å². The molecule has 0 fully saturated rings. The van der Waals surface area contributed by atoms with Crippen LogP contribution in [0.3, 0.4) is 0 Å². The number of hydrogen-bond acceptors (Lipinski definition) is 2. The minimum Gasteiger partial charge on any atom is -0.399 e. The number of rotatable bonds is 4.